The van der Waals surface area contributed by atoms with E-state index in [0.29, 0.717) is 18.7 Å². The van der Waals surface area contributed by atoms with Gasteiger partial charge < -0.3 is 10.6 Å². The fourth-order valence-corrected chi connectivity index (χ4v) is 1.65. The van der Waals surface area contributed by atoms with Gasteiger partial charge in [0.1, 0.15) is 6.33 Å². The fourth-order valence-electron chi connectivity index (χ4n) is 1.65. The first kappa shape index (κ1) is 13.0. The zero-order valence-electron chi connectivity index (χ0n) is 10.8. The summed E-state index contributed by atoms with van der Waals surface area (Å²) in [6.45, 7) is 3.12. The van der Waals surface area contributed by atoms with Crippen LogP contribution in [0.2, 0.25) is 0 Å². The Morgan fingerprint density at radius 1 is 1.32 bits per heavy atom. The summed E-state index contributed by atoms with van der Waals surface area (Å²) < 4.78 is 0. The number of hydrogen-bond donors (Lipinski definition) is 2. The Kier molecular flexibility index (Phi) is 4.44. The number of carbonyl (C=O) groups is 1. The molecule has 2 aromatic rings. The molecule has 5 heteroatoms. The second kappa shape index (κ2) is 6.49. The second-order valence-electron chi connectivity index (χ2n) is 3.99. The summed E-state index contributed by atoms with van der Waals surface area (Å²) in [6, 6.07) is 9.24. The van der Waals surface area contributed by atoms with Crippen molar-refractivity contribution < 1.29 is 4.79 Å². The van der Waals surface area contributed by atoms with Crippen LogP contribution < -0.4 is 10.6 Å². The number of nitrogens with zero attached hydrogens (tertiary/aromatic N) is 2. The smallest absolute Gasteiger partial charge is 0.251 e. The molecule has 2 N–H and O–H groups in total. The Morgan fingerprint density at radius 3 is 2.95 bits per heavy atom. The van der Waals surface area contributed by atoms with Crippen molar-refractivity contribution in [3.8, 4) is 0 Å². The van der Waals surface area contributed by atoms with Gasteiger partial charge >= 0.3 is 0 Å². The first-order chi connectivity index (χ1) is 9.29. The van der Waals surface area contributed by atoms with Crippen molar-refractivity contribution >= 4 is 11.6 Å². The molecule has 0 saturated carbocycles. The highest BCUT2D eigenvalue weighted by atomic mass is 16.1. The quantitative estimate of drug-likeness (QED) is 0.856. The van der Waals surface area contributed by atoms with Crippen LogP contribution in [0, 0.1) is 0 Å². The van der Waals surface area contributed by atoms with Gasteiger partial charge in [-0.05, 0) is 31.2 Å². The molecule has 0 fully saturated rings. The van der Waals surface area contributed by atoms with E-state index in [9.17, 15) is 4.79 Å². The van der Waals surface area contributed by atoms with Crippen LogP contribution in [0.25, 0.3) is 0 Å². The zero-order chi connectivity index (χ0) is 13.5. The van der Waals surface area contributed by atoms with Gasteiger partial charge in [0, 0.05) is 24.0 Å². The van der Waals surface area contributed by atoms with Crippen LogP contribution in [-0.4, -0.2) is 22.4 Å². The molecule has 0 atom stereocenters. The lowest BCUT2D eigenvalue weighted by molar-refractivity contribution is 0.0956. The average molecular weight is 256 g/mol. The van der Waals surface area contributed by atoms with Crippen molar-refractivity contribution in [1.82, 2.24) is 15.3 Å². The summed E-state index contributed by atoms with van der Waals surface area (Å²) in [5.41, 5.74) is 2.44. The number of aromatic nitrogens is 2. The van der Waals surface area contributed by atoms with E-state index in [1.807, 2.05) is 31.2 Å². The fraction of sp³-hybridized carbons (Fsp3) is 0.214. The highest BCUT2D eigenvalue weighted by Gasteiger charge is 2.04. The van der Waals surface area contributed by atoms with Gasteiger partial charge in [-0.3, -0.25) is 4.79 Å². The Balaban J connectivity index is 2.01. The summed E-state index contributed by atoms with van der Waals surface area (Å²) in [4.78, 5) is 19.7. The normalized spacial score (nSPS) is 9.95. The summed E-state index contributed by atoms with van der Waals surface area (Å²) in [6.07, 6.45) is 3.22. The van der Waals surface area contributed by atoms with Gasteiger partial charge in [0.05, 0.1) is 12.2 Å². The van der Waals surface area contributed by atoms with Crippen LogP contribution in [0.15, 0.2) is 42.9 Å². The highest BCUT2D eigenvalue weighted by Crippen LogP contribution is 2.11. The highest BCUT2D eigenvalue weighted by molar-refractivity contribution is 5.95. The predicted molar refractivity (Wildman–Crippen MR) is 73.8 cm³/mol. The molecule has 0 unspecified atom stereocenters. The van der Waals surface area contributed by atoms with Gasteiger partial charge in [-0.25, -0.2) is 9.97 Å². The minimum atomic E-state index is -0.0619. The lowest BCUT2D eigenvalue weighted by Crippen LogP contribution is -2.22. The Labute approximate surface area is 112 Å². The molecule has 98 valence electrons. The van der Waals surface area contributed by atoms with Crippen LogP contribution in [0.5, 0.6) is 0 Å². The molecule has 0 aliphatic rings. The number of benzene rings is 1. The van der Waals surface area contributed by atoms with Crippen molar-refractivity contribution in [1.29, 1.82) is 0 Å². The Hall–Kier alpha value is -2.43. The molecule has 1 aromatic carbocycles. The summed E-state index contributed by atoms with van der Waals surface area (Å²) >= 11 is 0. The van der Waals surface area contributed by atoms with Crippen LogP contribution in [-0.2, 0) is 6.54 Å². The van der Waals surface area contributed by atoms with Crippen LogP contribution >= 0.6 is 0 Å². The lowest BCUT2D eigenvalue weighted by atomic mass is 10.2. The summed E-state index contributed by atoms with van der Waals surface area (Å²) in [5.74, 6) is -0.0619. The SMILES string of the molecule is CCNC(=O)c1cccc(NCc2ccncn2)c1. The van der Waals surface area contributed by atoms with E-state index in [1.54, 1.807) is 12.3 Å². The minimum Gasteiger partial charge on any atom is -0.379 e. The van der Waals surface area contributed by atoms with Gasteiger partial charge in [-0.1, -0.05) is 6.07 Å². The van der Waals surface area contributed by atoms with Crippen molar-refractivity contribution in [3.05, 3.63) is 54.1 Å². The summed E-state index contributed by atoms with van der Waals surface area (Å²) in [7, 11) is 0. The third-order valence-electron chi connectivity index (χ3n) is 2.58. The number of nitrogens with one attached hydrogen (secondary N) is 2. The van der Waals surface area contributed by atoms with Crippen molar-refractivity contribution in [2.45, 2.75) is 13.5 Å². The molecule has 1 aromatic heterocycles. The molecule has 0 aliphatic carbocycles. The van der Waals surface area contributed by atoms with Crippen molar-refractivity contribution in [2.75, 3.05) is 11.9 Å². The molecule has 1 heterocycles. The maximum Gasteiger partial charge on any atom is 0.251 e. The molecule has 0 bridgehead atoms. The van der Waals surface area contributed by atoms with Crippen molar-refractivity contribution in [3.63, 3.8) is 0 Å². The van der Waals surface area contributed by atoms with Crippen LogP contribution in [0.4, 0.5) is 5.69 Å². The molecular formula is C14H16N4O. The van der Waals surface area contributed by atoms with Crippen LogP contribution in [0.1, 0.15) is 23.0 Å². The van der Waals surface area contributed by atoms with E-state index in [0.717, 1.165) is 11.4 Å². The Morgan fingerprint density at radius 2 is 2.21 bits per heavy atom. The second-order valence-corrected chi connectivity index (χ2v) is 3.99. The average Bonchev–Trinajstić information content (AvgIpc) is 2.47. The zero-order valence-corrected chi connectivity index (χ0v) is 10.8. The lowest BCUT2D eigenvalue weighted by Gasteiger charge is -2.08. The molecule has 1 amide bonds. The number of carbonyl (C=O) groups excluding carboxylic acids is 1. The van der Waals surface area contributed by atoms with Crippen LogP contribution in [0.3, 0.4) is 0 Å². The molecule has 0 spiro atoms. The minimum absolute atomic E-state index is 0.0619. The number of rotatable bonds is 5. The molecule has 0 saturated heterocycles. The molecular weight excluding hydrogens is 240 g/mol. The van der Waals surface area contributed by atoms with E-state index >= 15 is 0 Å². The standard InChI is InChI=1S/C14H16N4O/c1-2-16-14(19)11-4-3-5-12(8-11)17-9-13-6-7-15-10-18-13/h3-8,10,17H,2,9H2,1H3,(H,16,19). The monoisotopic (exact) mass is 256 g/mol. The maximum absolute atomic E-state index is 11.7. The number of amides is 1. The molecule has 0 aliphatic heterocycles. The molecule has 2 rings (SSSR count). The third-order valence-corrected chi connectivity index (χ3v) is 2.58. The maximum atomic E-state index is 11.7. The van der Waals surface area contributed by atoms with E-state index in [-0.39, 0.29) is 5.91 Å². The van der Waals surface area contributed by atoms with Gasteiger partial charge in [-0.15, -0.1) is 0 Å². The third kappa shape index (κ3) is 3.77. The first-order valence-electron chi connectivity index (χ1n) is 6.16. The topological polar surface area (TPSA) is 66.9 Å². The predicted octanol–water partition coefficient (Wildman–Crippen LogP) is 1.84. The number of hydrogen-bond acceptors (Lipinski definition) is 4. The van der Waals surface area contributed by atoms with Gasteiger partial charge in [0.2, 0.25) is 0 Å². The van der Waals surface area contributed by atoms with E-state index < -0.39 is 0 Å². The van der Waals surface area contributed by atoms with E-state index in [4.69, 9.17) is 0 Å². The number of anilines is 1. The molecule has 19 heavy (non-hydrogen) atoms. The van der Waals surface area contributed by atoms with Gasteiger partial charge in [0.15, 0.2) is 0 Å². The molecule has 5 nitrogen and oxygen atoms in total. The first-order valence-corrected chi connectivity index (χ1v) is 6.16. The summed E-state index contributed by atoms with van der Waals surface area (Å²) in [5, 5.41) is 6.00. The van der Waals surface area contributed by atoms with Crippen molar-refractivity contribution in [2.24, 2.45) is 0 Å². The van der Waals surface area contributed by atoms with E-state index in [1.165, 1.54) is 6.33 Å². The molecule has 0 radical (unpaired) electrons. The Bertz CT molecular complexity index is 542. The van der Waals surface area contributed by atoms with Gasteiger partial charge in [0.25, 0.3) is 5.91 Å². The van der Waals surface area contributed by atoms with E-state index in [2.05, 4.69) is 20.6 Å². The largest absolute Gasteiger partial charge is 0.379 e. The van der Waals surface area contributed by atoms with Gasteiger partial charge in [-0.2, -0.15) is 0 Å².